The van der Waals surface area contributed by atoms with Crippen molar-refractivity contribution in [1.82, 2.24) is 20.4 Å². The quantitative estimate of drug-likeness (QED) is 0.884. The van der Waals surface area contributed by atoms with E-state index in [9.17, 15) is 4.79 Å². The van der Waals surface area contributed by atoms with Crippen LogP contribution in [0.15, 0.2) is 4.52 Å². The van der Waals surface area contributed by atoms with Crippen LogP contribution in [0.5, 0.6) is 0 Å². The normalized spacial score (nSPS) is 27.0. The summed E-state index contributed by atoms with van der Waals surface area (Å²) in [7, 11) is 0. The number of aromatic nitrogens is 2. The first-order valence-corrected chi connectivity index (χ1v) is 9.32. The number of hydrogen-bond acceptors (Lipinski definition) is 5. The number of nitrogens with zero attached hydrogens (tertiary/aromatic N) is 3. The number of carbonyl (C=O) groups is 1. The number of piperidine rings is 1. The lowest BCUT2D eigenvalue weighted by Gasteiger charge is -2.34. The summed E-state index contributed by atoms with van der Waals surface area (Å²) < 4.78 is 5.49. The smallest absolute Gasteiger partial charge is 0.317 e. The zero-order valence-corrected chi connectivity index (χ0v) is 14.2. The van der Waals surface area contributed by atoms with Crippen molar-refractivity contribution in [3.63, 3.8) is 0 Å². The van der Waals surface area contributed by atoms with Gasteiger partial charge in [0, 0.05) is 19.1 Å². The van der Waals surface area contributed by atoms with Crippen molar-refractivity contribution in [1.29, 1.82) is 0 Å². The maximum Gasteiger partial charge on any atom is 0.317 e. The number of nitrogens with two attached hydrogens (primary N) is 1. The Morgan fingerprint density at radius 1 is 1.21 bits per heavy atom. The Morgan fingerprint density at radius 3 is 2.71 bits per heavy atom. The number of urea groups is 1. The van der Waals surface area contributed by atoms with Gasteiger partial charge in [-0.3, -0.25) is 0 Å². The third-order valence-electron chi connectivity index (χ3n) is 5.87. The van der Waals surface area contributed by atoms with E-state index in [1.165, 1.54) is 12.8 Å². The lowest BCUT2D eigenvalue weighted by Crippen LogP contribution is -2.47. The molecule has 0 spiro atoms. The molecule has 3 aliphatic rings. The van der Waals surface area contributed by atoms with Gasteiger partial charge in [-0.15, -0.1) is 0 Å². The molecule has 2 amide bonds. The molecule has 7 heteroatoms. The van der Waals surface area contributed by atoms with Crippen LogP contribution < -0.4 is 11.1 Å². The molecule has 0 aromatic carbocycles. The Bertz CT molecular complexity index is 592. The van der Waals surface area contributed by atoms with Gasteiger partial charge in [0.05, 0.1) is 11.5 Å². The maximum absolute atomic E-state index is 12.5. The number of likely N-dealkylation sites (tertiary alicyclic amines) is 1. The largest absolute Gasteiger partial charge is 0.339 e. The van der Waals surface area contributed by atoms with Crippen LogP contribution in [0.3, 0.4) is 0 Å². The summed E-state index contributed by atoms with van der Waals surface area (Å²) in [6, 6.07) is 0.407. The third kappa shape index (κ3) is 3.01. The molecule has 1 aromatic heterocycles. The van der Waals surface area contributed by atoms with E-state index >= 15 is 0 Å². The van der Waals surface area contributed by atoms with Gasteiger partial charge in [0.2, 0.25) is 5.89 Å². The molecule has 2 saturated carbocycles. The summed E-state index contributed by atoms with van der Waals surface area (Å²) in [6.07, 6.45) is 9.57. The van der Waals surface area contributed by atoms with E-state index in [1.54, 1.807) is 0 Å². The highest BCUT2D eigenvalue weighted by molar-refractivity contribution is 5.74. The van der Waals surface area contributed by atoms with Crippen molar-refractivity contribution in [2.24, 2.45) is 5.73 Å². The Balaban J connectivity index is 1.38. The van der Waals surface area contributed by atoms with Crippen LogP contribution in [0.4, 0.5) is 4.79 Å². The molecule has 2 aliphatic carbocycles. The molecule has 1 saturated heterocycles. The Hall–Kier alpha value is -1.63. The second-order valence-corrected chi connectivity index (χ2v) is 7.68. The van der Waals surface area contributed by atoms with Crippen molar-refractivity contribution in [2.75, 3.05) is 13.1 Å². The molecule has 1 aromatic rings. The summed E-state index contributed by atoms with van der Waals surface area (Å²) in [4.78, 5) is 18.9. The highest BCUT2D eigenvalue weighted by Gasteiger charge is 2.40. The van der Waals surface area contributed by atoms with Crippen molar-refractivity contribution < 1.29 is 9.32 Å². The van der Waals surface area contributed by atoms with Crippen molar-refractivity contribution in [2.45, 2.75) is 75.3 Å². The van der Waals surface area contributed by atoms with Crippen LogP contribution in [0.1, 0.15) is 75.4 Å². The first-order chi connectivity index (χ1) is 11.6. The van der Waals surface area contributed by atoms with E-state index in [4.69, 9.17) is 10.3 Å². The molecular formula is C17H27N5O2. The maximum atomic E-state index is 12.5. The van der Waals surface area contributed by atoms with Gasteiger partial charge < -0.3 is 20.5 Å². The molecule has 2 heterocycles. The lowest BCUT2D eigenvalue weighted by molar-refractivity contribution is 0.168. The van der Waals surface area contributed by atoms with Crippen LogP contribution in [0.25, 0.3) is 0 Å². The van der Waals surface area contributed by atoms with E-state index < -0.39 is 5.54 Å². The predicted octanol–water partition coefficient (Wildman–Crippen LogP) is 2.24. The number of hydrogen-bond donors (Lipinski definition) is 2. The highest BCUT2D eigenvalue weighted by Crippen LogP contribution is 2.38. The van der Waals surface area contributed by atoms with E-state index in [0.29, 0.717) is 24.3 Å². The molecule has 1 atom stereocenters. The molecule has 0 bridgehead atoms. The van der Waals surface area contributed by atoms with Crippen LogP contribution in [-0.4, -0.2) is 40.2 Å². The monoisotopic (exact) mass is 333 g/mol. The number of carbonyl (C=O) groups excluding carboxylic acids is 1. The zero-order valence-electron chi connectivity index (χ0n) is 14.2. The van der Waals surface area contributed by atoms with Crippen molar-refractivity contribution >= 4 is 6.03 Å². The van der Waals surface area contributed by atoms with E-state index in [2.05, 4.69) is 15.5 Å². The zero-order chi connectivity index (χ0) is 16.6. The van der Waals surface area contributed by atoms with Gasteiger partial charge >= 0.3 is 6.03 Å². The topological polar surface area (TPSA) is 97.3 Å². The summed E-state index contributed by atoms with van der Waals surface area (Å²) in [5, 5.41) is 7.28. The van der Waals surface area contributed by atoms with Crippen molar-refractivity contribution in [3.8, 4) is 0 Å². The summed E-state index contributed by atoms with van der Waals surface area (Å²) in [5.41, 5.74) is 5.88. The fraction of sp³-hybridized carbons (Fsp3) is 0.824. The van der Waals surface area contributed by atoms with E-state index in [1.807, 2.05) is 4.90 Å². The van der Waals surface area contributed by atoms with Crippen LogP contribution in [-0.2, 0) is 5.54 Å². The van der Waals surface area contributed by atoms with Gasteiger partial charge in [-0.25, -0.2) is 4.79 Å². The molecule has 1 aliphatic heterocycles. The van der Waals surface area contributed by atoms with Gasteiger partial charge in [0.25, 0.3) is 0 Å². The molecule has 3 N–H and O–H groups in total. The number of rotatable bonds is 3. The minimum absolute atomic E-state index is 0.0561. The molecule has 132 valence electrons. The summed E-state index contributed by atoms with van der Waals surface area (Å²) >= 11 is 0. The number of amides is 2. The Labute approximate surface area is 142 Å². The third-order valence-corrected chi connectivity index (χ3v) is 5.87. The predicted molar refractivity (Wildman–Crippen MR) is 88.4 cm³/mol. The first kappa shape index (κ1) is 15.9. The molecular weight excluding hydrogens is 306 g/mol. The van der Waals surface area contributed by atoms with Gasteiger partial charge in [0.15, 0.2) is 5.82 Å². The SMILES string of the molecule is NC1(c2noc(C3CCCN(C(=O)NC4CCCC4)C3)n2)CCC1. The van der Waals surface area contributed by atoms with Gasteiger partial charge in [-0.2, -0.15) is 4.98 Å². The first-order valence-electron chi connectivity index (χ1n) is 9.32. The molecule has 0 radical (unpaired) electrons. The van der Waals surface area contributed by atoms with Gasteiger partial charge in [0.1, 0.15) is 0 Å². The average Bonchev–Trinajstić information content (AvgIpc) is 3.24. The minimum atomic E-state index is -0.393. The lowest BCUT2D eigenvalue weighted by atomic mass is 9.77. The molecule has 1 unspecified atom stereocenters. The second-order valence-electron chi connectivity index (χ2n) is 7.68. The second kappa shape index (κ2) is 6.35. The molecule has 3 fully saturated rings. The molecule has 4 rings (SSSR count). The fourth-order valence-electron chi connectivity index (χ4n) is 4.08. The Morgan fingerprint density at radius 2 is 2.00 bits per heavy atom. The molecule has 7 nitrogen and oxygen atoms in total. The van der Waals surface area contributed by atoms with Crippen LogP contribution >= 0.6 is 0 Å². The minimum Gasteiger partial charge on any atom is -0.339 e. The average molecular weight is 333 g/mol. The van der Waals surface area contributed by atoms with Crippen LogP contribution in [0.2, 0.25) is 0 Å². The highest BCUT2D eigenvalue weighted by atomic mass is 16.5. The summed E-state index contributed by atoms with van der Waals surface area (Å²) in [6.45, 7) is 1.45. The van der Waals surface area contributed by atoms with E-state index in [0.717, 1.165) is 51.5 Å². The van der Waals surface area contributed by atoms with Gasteiger partial charge in [-0.05, 0) is 44.9 Å². The van der Waals surface area contributed by atoms with Crippen molar-refractivity contribution in [3.05, 3.63) is 11.7 Å². The molecule has 24 heavy (non-hydrogen) atoms. The standard InChI is InChI=1S/C17H27N5O2/c18-17(8-4-9-17)15-20-14(24-21-15)12-5-3-10-22(11-12)16(23)19-13-6-1-2-7-13/h12-13H,1-11,18H2,(H,19,23). The fourth-order valence-corrected chi connectivity index (χ4v) is 4.08. The number of nitrogens with one attached hydrogen (secondary N) is 1. The van der Waals surface area contributed by atoms with Crippen LogP contribution in [0, 0.1) is 0 Å². The van der Waals surface area contributed by atoms with E-state index in [-0.39, 0.29) is 11.9 Å². The summed E-state index contributed by atoms with van der Waals surface area (Å²) in [5.74, 6) is 1.40. The van der Waals surface area contributed by atoms with Gasteiger partial charge in [-0.1, -0.05) is 18.0 Å². The Kier molecular flexibility index (Phi) is 4.20.